The van der Waals surface area contributed by atoms with Gasteiger partial charge in [-0.2, -0.15) is 18.3 Å². The molecule has 0 amide bonds. The highest BCUT2D eigenvalue weighted by molar-refractivity contribution is 5.95. The fourth-order valence-electron chi connectivity index (χ4n) is 3.56. The molecule has 0 aliphatic carbocycles. The first kappa shape index (κ1) is 18.9. The van der Waals surface area contributed by atoms with Crippen LogP contribution in [0.3, 0.4) is 0 Å². The highest BCUT2D eigenvalue weighted by atomic mass is 19.4. The van der Waals surface area contributed by atoms with E-state index in [4.69, 9.17) is 5.73 Å². The predicted octanol–water partition coefficient (Wildman–Crippen LogP) is 4.77. The SMILES string of the molecule is CCC(=O)C(CC)(c1ccc(C(F)(F)F)cc1)n1ncc2c(N)cccc21. The molecule has 0 spiro atoms. The molecule has 0 saturated carbocycles. The van der Waals surface area contributed by atoms with E-state index in [1.807, 2.05) is 6.92 Å². The Labute approximate surface area is 154 Å². The summed E-state index contributed by atoms with van der Waals surface area (Å²) >= 11 is 0. The van der Waals surface area contributed by atoms with Gasteiger partial charge in [0.25, 0.3) is 0 Å². The lowest BCUT2D eigenvalue weighted by Gasteiger charge is -2.33. The number of halogens is 3. The molecule has 7 heteroatoms. The van der Waals surface area contributed by atoms with E-state index in [9.17, 15) is 18.0 Å². The van der Waals surface area contributed by atoms with Crippen LogP contribution in [0, 0.1) is 0 Å². The van der Waals surface area contributed by atoms with Crippen molar-refractivity contribution in [3.8, 4) is 0 Å². The minimum Gasteiger partial charge on any atom is -0.398 e. The van der Waals surface area contributed by atoms with Crippen molar-refractivity contribution in [2.24, 2.45) is 0 Å². The third-order valence-corrected chi connectivity index (χ3v) is 4.99. The molecule has 4 nitrogen and oxygen atoms in total. The highest BCUT2D eigenvalue weighted by Crippen LogP contribution is 2.37. The Morgan fingerprint density at radius 1 is 1.07 bits per heavy atom. The van der Waals surface area contributed by atoms with E-state index in [0.717, 1.165) is 12.1 Å². The lowest BCUT2D eigenvalue weighted by Crippen LogP contribution is -2.43. The maximum absolute atomic E-state index is 13.1. The van der Waals surface area contributed by atoms with Gasteiger partial charge in [-0.15, -0.1) is 0 Å². The molecule has 142 valence electrons. The Hall–Kier alpha value is -2.83. The van der Waals surface area contributed by atoms with E-state index in [1.54, 1.807) is 36.0 Å². The van der Waals surface area contributed by atoms with Crippen molar-refractivity contribution < 1.29 is 18.0 Å². The summed E-state index contributed by atoms with van der Waals surface area (Å²) in [6.45, 7) is 3.56. The molecule has 0 fully saturated rings. The van der Waals surface area contributed by atoms with Crippen LogP contribution in [-0.2, 0) is 16.5 Å². The predicted molar refractivity (Wildman–Crippen MR) is 98.3 cm³/mol. The van der Waals surface area contributed by atoms with E-state index >= 15 is 0 Å². The Kier molecular flexibility index (Phi) is 4.71. The first-order valence-corrected chi connectivity index (χ1v) is 8.69. The largest absolute Gasteiger partial charge is 0.416 e. The number of alkyl halides is 3. The van der Waals surface area contributed by atoms with Gasteiger partial charge < -0.3 is 5.73 Å². The number of carbonyl (C=O) groups excluding carboxylic acids is 1. The number of fused-ring (bicyclic) bond motifs is 1. The second-order valence-electron chi connectivity index (χ2n) is 6.40. The normalized spacial score (nSPS) is 14.3. The van der Waals surface area contributed by atoms with Crippen LogP contribution in [0.25, 0.3) is 10.9 Å². The van der Waals surface area contributed by atoms with Gasteiger partial charge in [0.1, 0.15) is 5.54 Å². The van der Waals surface area contributed by atoms with Crippen LogP contribution in [0.1, 0.15) is 37.8 Å². The molecule has 1 heterocycles. The first-order valence-electron chi connectivity index (χ1n) is 8.69. The number of ketones is 1. The molecule has 3 rings (SSSR count). The molecule has 1 aromatic heterocycles. The van der Waals surface area contributed by atoms with Crippen molar-refractivity contribution in [3.63, 3.8) is 0 Å². The maximum Gasteiger partial charge on any atom is 0.416 e. The average molecular weight is 375 g/mol. The number of hydrogen-bond acceptors (Lipinski definition) is 3. The lowest BCUT2D eigenvalue weighted by atomic mass is 9.81. The summed E-state index contributed by atoms with van der Waals surface area (Å²) in [4.78, 5) is 13.1. The highest BCUT2D eigenvalue weighted by Gasteiger charge is 2.41. The average Bonchev–Trinajstić information content (AvgIpc) is 3.08. The van der Waals surface area contributed by atoms with Gasteiger partial charge in [0.2, 0.25) is 0 Å². The van der Waals surface area contributed by atoms with Crippen LogP contribution >= 0.6 is 0 Å². The third-order valence-electron chi connectivity index (χ3n) is 4.99. The number of carbonyl (C=O) groups is 1. The number of hydrogen-bond donors (Lipinski definition) is 1. The Morgan fingerprint density at radius 3 is 2.26 bits per heavy atom. The number of benzene rings is 2. The van der Waals surface area contributed by atoms with Crippen LogP contribution < -0.4 is 5.73 Å². The summed E-state index contributed by atoms with van der Waals surface area (Å²) in [7, 11) is 0. The van der Waals surface area contributed by atoms with Gasteiger partial charge >= 0.3 is 6.18 Å². The molecule has 0 saturated heterocycles. The van der Waals surface area contributed by atoms with Gasteiger partial charge in [0, 0.05) is 17.5 Å². The van der Waals surface area contributed by atoms with Gasteiger partial charge in [-0.3, -0.25) is 4.79 Å². The lowest BCUT2D eigenvalue weighted by molar-refractivity contribution is -0.137. The summed E-state index contributed by atoms with van der Waals surface area (Å²) < 4.78 is 40.4. The molecule has 27 heavy (non-hydrogen) atoms. The first-order chi connectivity index (χ1) is 12.8. The van der Waals surface area contributed by atoms with E-state index in [1.165, 1.54) is 12.1 Å². The van der Waals surface area contributed by atoms with E-state index in [-0.39, 0.29) is 12.2 Å². The number of anilines is 1. The molecule has 1 atom stereocenters. The Balaban J connectivity index is 2.27. The van der Waals surface area contributed by atoms with Crippen molar-refractivity contribution >= 4 is 22.4 Å². The van der Waals surface area contributed by atoms with Crippen molar-refractivity contribution in [2.45, 2.75) is 38.4 Å². The number of nitrogen functional groups attached to an aromatic ring is 1. The Morgan fingerprint density at radius 2 is 1.70 bits per heavy atom. The van der Waals surface area contributed by atoms with Gasteiger partial charge in [-0.05, 0) is 36.2 Å². The minimum absolute atomic E-state index is 0.128. The van der Waals surface area contributed by atoms with Crippen LogP contribution in [-0.4, -0.2) is 15.6 Å². The van der Waals surface area contributed by atoms with Crippen LogP contribution in [0.2, 0.25) is 0 Å². The molecule has 2 aromatic carbocycles. The summed E-state index contributed by atoms with van der Waals surface area (Å²) in [5.74, 6) is -0.128. The Bertz CT molecular complexity index is 976. The van der Waals surface area contributed by atoms with Crippen LogP contribution in [0.5, 0.6) is 0 Å². The van der Waals surface area contributed by atoms with Crippen molar-refractivity contribution in [2.75, 3.05) is 5.73 Å². The van der Waals surface area contributed by atoms with Gasteiger partial charge in [0.05, 0.1) is 17.3 Å². The quantitative estimate of drug-likeness (QED) is 0.654. The molecule has 0 radical (unpaired) electrons. The monoisotopic (exact) mass is 375 g/mol. The molecular formula is C20H20F3N3O. The van der Waals surface area contributed by atoms with Crippen molar-refractivity contribution in [3.05, 3.63) is 59.8 Å². The second-order valence-corrected chi connectivity index (χ2v) is 6.40. The van der Waals surface area contributed by atoms with Crippen molar-refractivity contribution in [1.82, 2.24) is 9.78 Å². The molecule has 3 aromatic rings. The molecular weight excluding hydrogens is 355 g/mol. The molecule has 1 unspecified atom stereocenters. The van der Waals surface area contributed by atoms with E-state index in [0.29, 0.717) is 28.6 Å². The zero-order valence-electron chi connectivity index (χ0n) is 15.0. The van der Waals surface area contributed by atoms with E-state index in [2.05, 4.69) is 5.10 Å². The zero-order chi connectivity index (χ0) is 19.8. The molecule has 2 N–H and O–H groups in total. The number of nitrogens with two attached hydrogens (primary N) is 1. The summed E-state index contributed by atoms with van der Waals surface area (Å²) in [5.41, 5.74) is 5.71. The van der Waals surface area contributed by atoms with E-state index < -0.39 is 17.3 Å². The molecule has 0 aliphatic rings. The topological polar surface area (TPSA) is 60.9 Å². The van der Waals surface area contributed by atoms with Crippen LogP contribution in [0.4, 0.5) is 18.9 Å². The summed E-state index contributed by atoms with van der Waals surface area (Å²) in [6.07, 6.45) is -2.29. The standard InChI is InChI=1S/C20H20F3N3O/c1-3-18(27)19(4-2,13-8-10-14(11-9-13)20(21,22)23)26-17-7-5-6-16(24)15(17)12-25-26/h5-12H,3-4,24H2,1-2H3. The fraction of sp³-hybridized carbons (Fsp3) is 0.300. The second kappa shape index (κ2) is 6.72. The van der Waals surface area contributed by atoms with Crippen LogP contribution in [0.15, 0.2) is 48.7 Å². The van der Waals surface area contributed by atoms with Gasteiger partial charge in [-0.1, -0.05) is 32.0 Å². The van der Waals surface area contributed by atoms with Crippen molar-refractivity contribution in [1.29, 1.82) is 0 Å². The van der Waals surface area contributed by atoms with Gasteiger partial charge in [-0.25, -0.2) is 4.68 Å². The number of aromatic nitrogens is 2. The maximum atomic E-state index is 13.1. The minimum atomic E-state index is -4.44. The molecule has 0 bridgehead atoms. The third kappa shape index (κ3) is 2.97. The fourth-order valence-corrected chi connectivity index (χ4v) is 3.56. The molecule has 0 aliphatic heterocycles. The summed E-state index contributed by atoms with van der Waals surface area (Å²) in [6, 6.07) is 10.0. The summed E-state index contributed by atoms with van der Waals surface area (Å²) in [5, 5.41) is 5.11. The number of Topliss-reactive ketones (excluding diaryl/α,β-unsaturated/α-hetero) is 1. The van der Waals surface area contributed by atoms with Gasteiger partial charge in [0.15, 0.2) is 5.78 Å². The zero-order valence-corrected chi connectivity index (χ0v) is 15.0. The smallest absolute Gasteiger partial charge is 0.398 e. The number of rotatable bonds is 5. The number of nitrogens with zero attached hydrogens (tertiary/aromatic N) is 2.